The SMILES string of the molecule is Cc1cc(C)nc(SC2=C(Nc3ccccc3)C(=O)N(CCc3ccccc3)C2=O)n1. The van der Waals surface area contributed by atoms with Crippen molar-refractivity contribution in [2.75, 3.05) is 11.9 Å². The molecule has 7 heteroatoms. The lowest BCUT2D eigenvalue weighted by Gasteiger charge is -2.15. The van der Waals surface area contributed by atoms with Crippen molar-refractivity contribution in [1.29, 1.82) is 0 Å². The number of amides is 2. The minimum absolute atomic E-state index is 0.261. The summed E-state index contributed by atoms with van der Waals surface area (Å²) >= 11 is 1.13. The number of para-hydroxylation sites is 1. The molecule has 156 valence electrons. The van der Waals surface area contributed by atoms with Crippen LogP contribution in [0, 0.1) is 13.8 Å². The van der Waals surface area contributed by atoms with Crippen LogP contribution in [0.4, 0.5) is 5.69 Å². The van der Waals surface area contributed by atoms with Gasteiger partial charge < -0.3 is 5.32 Å². The first-order valence-electron chi connectivity index (χ1n) is 9.98. The average Bonchev–Trinajstić information content (AvgIpc) is 2.97. The van der Waals surface area contributed by atoms with E-state index in [0.717, 1.165) is 34.4 Å². The Morgan fingerprint density at radius 3 is 2.13 bits per heavy atom. The zero-order valence-electron chi connectivity index (χ0n) is 17.3. The van der Waals surface area contributed by atoms with E-state index in [0.29, 0.717) is 23.0 Å². The fraction of sp³-hybridized carbons (Fsp3) is 0.167. The first kappa shape index (κ1) is 20.8. The molecule has 0 unspecified atom stereocenters. The summed E-state index contributed by atoms with van der Waals surface area (Å²) in [5.74, 6) is -0.663. The molecule has 0 aliphatic carbocycles. The monoisotopic (exact) mass is 430 g/mol. The summed E-state index contributed by atoms with van der Waals surface area (Å²) in [7, 11) is 0. The molecule has 1 N–H and O–H groups in total. The van der Waals surface area contributed by atoms with E-state index in [2.05, 4.69) is 15.3 Å². The molecule has 2 heterocycles. The van der Waals surface area contributed by atoms with Crippen molar-refractivity contribution in [3.8, 4) is 0 Å². The Labute approximate surface area is 185 Å². The van der Waals surface area contributed by atoms with Crippen LogP contribution in [0.15, 0.2) is 82.5 Å². The summed E-state index contributed by atoms with van der Waals surface area (Å²) in [6.07, 6.45) is 0.592. The maximum Gasteiger partial charge on any atom is 0.278 e. The second kappa shape index (κ2) is 9.14. The van der Waals surface area contributed by atoms with Gasteiger partial charge in [0, 0.05) is 23.6 Å². The van der Waals surface area contributed by atoms with Crippen LogP contribution in [0.5, 0.6) is 0 Å². The van der Waals surface area contributed by atoms with Gasteiger partial charge in [0.1, 0.15) is 10.6 Å². The number of carbonyl (C=O) groups is 2. The molecule has 31 heavy (non-hydrogen) atoms. The highest BCUT2D eigenvalue weighted by molar-refractivity contribution is 8.04. The summed E-state index contributed by atoms with van der Waals surface area (Å²) in [4.78, 5) is 36.9. The lowest BCUT2D eigenvalue weighted by Crippen LogP contribution is -2.34. The van der Waals surface area contributed by atoms with Crippen LogP contribution in [-0.4, -0.2) is 33.2 Å². The van der Waals surface area contributed by atoms with Crippen molar-refractivity contribution in [1.82, 2.24) is 14.9 Å². The van der Waals surface area contributed by atoms with Crippen molar-refractivity contribution < 1.29 is 9.59 Å². The molecule has 2 aromatic carbocycles. The minimum atomic E-state index is -0.336. The number of imide groups is 1. The molecule has 0 saturated carbocycles. The van der Waals surface area contributed by atoms with E-state index >= 15 is 0 Å². The van der Waals surface area contributed by atoms with E-state index in [1.165, 1.54) is 4.90 Å². The standard InChI is InChI=1S/C24H22N4O2S/c1-16-15-17(2)26-24(25-16)31-21-20(27-19-11-7-4-8-12-19)22(29)28(23(21)30)14-13-18-9-5-3-6-10-18/h3-12,15,27H,13-14H2,1-2H3. The summed E-state index contributed by atoms with van der Waals surface area (Å²) in [5, 5.41) is 3.59. The van der Waals surface area contributed by atoms with Crippen molar-refractivity contribution in [2.45, 2.75) is 25.4 Å². The number of hydrogen-bond acceptors (Lipinski definition) is 6. The van der Waals surface area contributed by atoms with Crippen molar-refractivity contribution in [3.63, 3.8) is 0 Å². The Hall–Kier alpha value is -3.45. The van der Waals surface area contributed by atoms with E-state index in [4.69, 9.17) is 0 Å². The Morgan fingerprint density at radius 1 is 0.871 bits per heavy atom. The number of thioether (sulfide) groups is 1. The molecule has 0 atom stereocenters. The molecule has 6 nitrogen and oxygen atoms in total. The van der Waals surface area contributed by atoms with Crippen LogP contribution in [-0.2, 0) is 16.0 Å². The highest BCUT2D eigenvalue weighted by Crippen LogP contribution is 2.34. The second-order valence-electron chi connectivity index (χ2n) is 7.23. The molecule has 3 aromatic rings. The van der Waals surface area contributed by atoms with Gasteiger partial charge in [-0.25, -0.2) is 9.97 Å². The van der Waals surface area contributed by atoms with Crippen LogP contribution in [0.3, 0.4) is 0 Å². The topological polar surface area (TPSA) is 75.2 Å². The Bertz CT molecular complexity index is 1130. The van der Waals surface area contributed by atoms with Crippen LogP contribution in [0.2, 0.25) is 0 Å². The Kier molecular flexibility index (Phi) is 6.13. The number of aryl methyl sites for hydroxylation is 2. The summed E-state index contributed by atoms with van der Waals surface area (Å²) in [6.45, 7) is 4.06. The summed E-state index contributed by atoms with van der Waals surface area (Å²) in [6, 6.07) is 21.0. The molecular weight excluding hydrogens is 408 g/mol. The van der Waals surface area contributed by atoms with Gasteiger partial charge in [0.2, 0.25) is 0 Å². The Balaban J connectivity index is 1.63. The second-order valence-corrected chi connectivity index (χ2v) is 8.21. The first-order valence-corrected chi connectivity index (χ1v) is 10.8. The Morgan fingerprint density at radius 2 is 1.48 bits per heavy atom. The maximum atomic E-state index is 13.2. The van der Waals surface area contributed by atoms with Gasteiger partial charge >= 0.3 is 0 Å². The average molecular weight is 431 g/mol. The predicted molar refractivity (Wildman–Crippen MR) is 121 cm³/mol. The number of rotatable bonds is 7. The summed E-state index contributed by atoms with van der Waals surface area (Å²) < 4.78 is 0. The number of aromatic nitrogens is 2. The number of benzene rings is 2. The molecule has 0 fully saturated rings. The fourth-order valence-electron chi connectivity index (χ4n) is 3.34. The van der Waals surface area contributed by atoms with Gasteiger partial charge in [-0.05, 0) is 55.8 Å². The van der Waals surface area contributed by atoms with Crippen molar-refractivity contribution in [3.05, 3.63) is 94.3 Å². The van der Waals surface area contributed by atoms with Gasteiger partial charge in [0.05, 0.1) is 0 Å². The first-order chi connectivity index (χ1) is 15.0. The van der Waals surface area contributed by atoms with Gasteiger partial charge in [-0.3, -0.25) is 14.5 Å². The highest BCUT2D eigenvalue weighted by atomic mass is 32.2. The molecule has 4 rings (SSSR count). The van der Waals surface area contributed by atoms with Crippen LogP contribution in [0.1, 0.15) is 17.0 Å². The predicted octanol–water partition coefficient (Wildman–Crippen LogP) is 4.12. The van der Waals surface area contributed by atoms with Crippen LogP contribution < -0.4 is 5.32 Å². The smallest absolute Gasteiger partial charge is 0.278 e. The maximum absolute atomic E-state index is 13.2. The van der Waals surface area contributed by atoms with Gasteiger partial charge in [-0.15, -0.1) is 0 Å². The van der Waals surface area contributed by atoms with Gasteiger partial charge in [0.25, 0.3) is 11.8 Å². The van der Waals surface area contributed by atoms with Gasteiger partial charge in [-0.2, -0.15) is 0 Å². The summed E-state index contributed by atoms with van der Waals surface area (Å²) in [5.41, 5.74) is 3.69. The lowest BCUT2D eigenvalue weighted by molar-refractivity contribution is -0.137. The molecule has 0 bridgehead atoms. The molecule has 1 aromatic heterocycles. The third-order valence-electron chi connectivity index (χ3n) is 4.79. The molecule has 1 aliphatic heterocycles. The zero-order valence-corrected chi connectivity index (χ0v) is 18.1. The van der Waals surface area contributed by atoms with E-state index in [1.54, 1.807) is 0 Å². The number of hydrogen-bond donors (Lipinski definition) is 1. The van der Waals surface area contributed by atoms with Gasteiger partial charge in [0.15, 0.2) is 5.16 Å². The largest absolute Gasteiger partial charge is 0.350 e. The highest BCUT2D eigenvalue weighted by Gasteiger charge is 2.39. The van der Waals surface area contributed by atoms with E-state index in [-0.39, 0.29) is 17.5 Å². The van der Waals surface area contributed by atoms with Crippen molar-refractivity contribution in [2.24, 2.45) is 0 Å². The minimum Gasteiger partial charge on any atom is -0.350 e. The third kappa shape index (κ3) is 4.83. The molecule has 2 amide bonds. The van der Waals surface area contributed by atoms with E-state index < -0.39 is 0 Å². The molecule has 0 radical (unpaired) electrons. The number of anilines is 1. The molecule has 0 spiro atoms. The normalized spacial score (nSPS) is 13.8. The number of carbonyl (C=O) groups excluding carboxylic acids is 2. The van der Waals surface area contributed by atoms with Gasteiger partial charge in [-0.1, -0.05) is 48.5 Å². The van der Waals surface area contributed by atoms with E-state index in [9.17, 15) is 9.59 Å². The lowest BCUT2D eigenvalue weighted by atomic mass is 10.1. The van der Waals surface area contributed by atoms with Crippen molar-refractivity contribution >= 4 is 29.3 Å². The quantitative estimate of drug-likeness (QED) is 0.449. The third-order valence-corrected chi connectivity index (χ3v) is 5.74. The molecule has 1 aliphatic rings. The fourth-order valence-corrected chi connectivity index (χ4v) is 4.34. The van der Waals surface area contributed by atoms with Crippen LogP contribution >= 0.6 is 11.8 Å². The van der Waals surface area contributed by atoms with E-state index in [1.807, 2.05) is 80.6 Å². The zero-order chi connectivity index (χ0) is 21.8. The van der Waals surface area contributed by atoms with Crippen LogP contribution in [0.25, 0.3) is 0 Å². The molecule has 0 saturated heterocycles. The molecular formula is C24H22N4O2S. The number of nitrogens with one attached hydrogen (secondary N) is 1. The number of nitrogens with zero attached hydrogens (tertiary/aromatic N) is 3.